The first-order valence-corrected chi connectivity index (χ1v) is 11.0. The van der Waals surface area contributed by atoms with Crippen molar-refractivity contribution in [2.45, 2.75) is 45.6 Å². The van der Waals surface area contributed by atoms with Gasteiger partial charge in [-0.25, -0.2) is 8.42 Å². The van der Waals surface area contributed by atoms with E-state index in [4.69, 9.17) is 0 Å². The Kier molecular flexibility index (Phi) is 9.57. The van der Waals surface area contributed by atoms with E-state index >= 15 is 0 Å². The standard InChI is InChI=1S/C19H32N4O4S/c1-6-22(13-18(24)20-15(4)5)14-19(25)21-16-10-9-11-17(12-16)28(26,27)23(7-2)8-3/h9-12,15H,6-8,13-14H2,1-5H3,(H,20,24)(H,21,25). The molecular weight excluding hydrogens is 380 g/mol. The summed E-state index contributed by atoms with van der Waals surface area (Å²) in [5, 5.41) is 5.51. The van der Waals surface area contributed by atoms with Gasteiger partial charge in [-0.1, -0.05) is 26.8 Å². The van der Waals surface area contributed by atoms with Crippen molar-refractivity contribution >= 4 is 27.5 Å². The molecule has 0 bridgehead atoms. The van der Waals surface area contributed by atoms with Gasteiger partial charge in [0.1, 0.15) is 0 Å². The summed E-state index contributed by atoms with van der Waals surface area (Å²) in [4.78, 5) is 26.1. The monoisotopic (exact) mass is 412 g/mol. The second kappa shape index (κ2) is 11.1. The van der Waals surface area contributed by atoms with E-state index in [0.29, 0.717) is 25.3 Å². The van der Waals surface area contributed by atoms with Crippen molar-refractivity contribution < 1.29 is 18.0 Å². The highest BCUT2D eigenvalue weighted by atomic mass is 32.2. The van der Waals surface area contributed by atoms with Gasteiger partial charge in [0.25, 0.3) is 0 Å². The number of carbonyl (C=O) groups is 2. The predicted octanol–water partition coefficient (Wildman–Crippen LogP) is 1.50. The molecule has 28 heavy (non-hydrogen) atoms. The minimum absolute atomic E-state index is 0.0367. The molecule has 9 heteroatoms. The highest BCUT2D eigenvalue weighted by molar-refractivity contribution is 7.89. The average Bonchev–Trinajstić information content (AvgIpc) is 2.61. The van der Waals surface area contributed by atoms with Crippen molar-refractivity contribution in [1.82, 2.24) is 14.5 Å². The van der Waals surface area contributed by atoms with Crippen molar-refractivity contribution in [3.05, 3.63) is 24.3 Å². The summed E-state index contributed by atoms with van der Waals surface area (Å²) in [7, 11) is -3.60. The number of likely N-dealkylation sites (N-methyl/N-ethyl adjacent to an activating group) is 1. The second-order valence-corrected chi connectivity index (χ2v) is 8.63. The highest BCUT2D eigenvalue weighted by Gasteiger charge is 2.22. The Bertz CT molecular complexity index is 761. The zero-order chi connectivity index (χ0) is 21.3. The van der Waals surface area contributed by atoms with Gasteiger partial charge in [0.2, 0.25) is 21.8 Å². The van der Waals surface area contributed by atoms with E-state index < -0.39 is 10.0 Å². The van der Waals surface area contributed by atoms with E-state index in [1.54, 1.807) is 30.9 Å². The van der Waals surface area contributed by atoms with Crippen molar-refractivity contribution in [2.75, 3.05) is 38.0 Å². The summed E-state index contributed by atoms with van der Waals surface area (Å²) in [5.74, 6) is -0.450. The smallest absolute Gasteiger partial charge is 0.243 e. The molecule has 0 aromatic heterocycles. The zero-order valence-corrected chi connectivity index (χ0v) is 18.2. The molecule has 0 spiro atoms. The van der Waals surface area contributed by atoms with Crippen LogP contribution in [0.4, 0.5) is 5.69 Å². The summed E-state index contributed by atoms with van der Waals surface area (Å²) in [6, 6.07) is 6.24. The SMILES string of the molecule is CCN(CC(=O)Nc1cccc(S(=O)(=O)N(CC)CC)c1)CC(=O)NC(C)C. The van der Waals surface area contributed by atoms with E-state index in [1.807, 2.05) is 20.8 Å². The van der Waals surface area contributed by atoms with E-state index in [1.165, 1.54) is 16.4 Å². The second-order valence-electron chi connectivity index (χ2n) is 6.69. The molecule has 2 amide bonds. The number of amides is 2. The van der Waals surface area contributed by atoms with E-state index in [0.717, 1.165) is 0 Å². The lowest BCUT2D eigenvalue weighted by molar-refractivity contribution is -0.123. The summed E-state index contributed by atoms with van der Waals surface area (Å²) < 4.78 is 26.6. The molecule has 0 saturated carbocycles. The van der Waals surface area contributed by atoms with E-state index in [2.05, 4.69) is 10.6 Å². The van der Waals surface area contributed by atoms with Crippen LogP contribution in [0.15, 0.2) is 29.2 Å². The minimum atomic E-state index is -3.60. The Hall–Kier alpha value is -1.97. The minimum Gasteiger partial charge on any atom is -0.353 e. The highest BCUT2D eigenvalue weighted by Crippen LogP contribution is 2.19. The van der Waals surface area contributed by atoms with Crippen LogP contribution >= 0.6 is 0 Å². The molecule has 0 heterocycles. The summed E-state index contributed by atoms with van der Waals surface area (Å²) >= 11 is 0. The van der Waals surface area contributed by atoms with Crippen molar-refractivity contribution in [3.63, 3.8) is 0 Å². The van der Waals surface area contributed by atoms with Crippen LogP contribution in [0.2, 0.25) is 0 Å². The molecule has 1 aromatic carbocycles. The third-order valence-corrected chi connectivity index (χ3v) is 6.14. The first kappa shape index (κ1) is 24.1. The van der Waals surface area contributed by atoms with Crippen LogP contribution in [0.5, 0.6) is 0 Å². The van der Waals surface area contributed by atoms with Crippen LogP contribution < -0.4 is 10.6 Å². The Morgan fingerprint density at radius 2 is 1.61 bits per heavy atom. The Morgan fingerprint density at radius 1 is 1.00 bits per heavy atom. The van der Waals surface area contributed by atoms with Gasteiger partial charge in [-0.3, -0.25) is 14.5 Å². The van der Waals surface area contributed by atoms with Gasteiger partial charge in [-0.15, -0.1) is 0 Å². The van der Waals surface area contributed by atoms with Gasteiger partial charge in [0, 0.05) is 24.8 Å². The first-order chi connectivity index (χ1) is 13.1. The lowest BCUT2D eigenvalue weighted by Gasteiger charge is -2.21. The molecule has 158 valence electrons. The third-order valence-electron chi connectivity index (χ3n) is 4.09. The van der Waals surface area contributed by atoms with Gasteiger partial charge in [0.05, 0.1) is 18.0 Å². The predicted molar refractivity (Wildman–Crippen MR) is 111 cm³/mol. The van der Waals surface area contributed by atoms with Crippen LogP contribution in [0, 0.1) is 0 Å². The van der Waals surface area contributed by atoms with E-state index in [9.17, 15) is 18.0 Å². The zero-order valence-electron chi connectivity index (χ0n) is 17.4. The summed E-state index contributed by atoms with van der Waals surface area (Å²) in [6.45, 7) is 10.6. The van der Waals surface area contributed by atoms with Crippen molar-refractivity contribution in [3.8, 4) is 0 Å². The maximum absolute atomic E-state index is 12.6. The van der Waals surface area contributed by atoms with Gasteiger partial charge < -0.3 is 10.6 Å². The lowest BCUT2D eigenvalue weighted by Crippen LogP contribution is -2.42. The first-order valence-electron chi connectivity index (χ1n) is 9.55. The largest absolute Gasteiger partial charge is 0.353 e. The van der Waals surface area contributed by atoms with E-state index in [-0.39, 0.29) is 35.8 Å². The molecule has 1 rings (SSSR count). The number of anilines is 1. The fourth-order valence-corrected chi connectivity index (χ4v) is 4.21. The molecule has 8 nitrogen and oxygen atoms in total. The number of rotatable bonds is 11. The summed E-state index contributed by atoms with van der Waals surface area (Å²) in [5.41, 5.74) is 0.404. The molecule has 2 N–H and O–H groups in total. The van der Waals surface area contributed by atoms with Crippen LogP contribution in [0.1, 0.15) is 34.6 Å². The molecule has 0 aliphatic rings. The van der Waals surface area contributed by atoms with Gasteiger partial charge in [0.15, 0.2) is 0 Å². The molecule has 0 aliphatic carbocycles. The van der Waals surface area contributed by atoms with Gasteiger partial charge >= 0.3 is 0 Å². The number of hydrogen-bond donors (Lipinski definition) is 2. The van der Waals surface area contributed by atoms with Crippen LogP contribution in [-0.4, -0.2) is 68.2 Å². The Morgan fingerprint density at radius 3 is 2.14 bits per heavy atom. The van der Waals surface area contributed by atoms with Crippen LogP contribution in [0.25, 0.3) is 0 Å². The lowest BCUT2D eigenvalue weighted by atomic mass is 10.3. The molecule has 0 atom stereocenters. The maximum Gasteiger partial charge on any atom is 0.243 e. The number of nitrogens with one attached hydrogen (secondary N) is 2. The molecule has 0 radical (unpaired) electrons. The number of hydrogen-bond acceptors (Lipinski definition) is 5. The molecule has 0 fully saturated rings. The fraction of sp³-hybridized carbons (Fsp3) is 0.579. The van der Waals surface area contributed by atoms with Gasteiger partial charge in [-0.2, -0.15) is 4.31 Å². The van der Waals surface area contributed by atoms with Crippen LogP contribution in [0.3, 0.4) is 0 Å². The number of nitrogens with zero attached hydrogens (tertiary/aromatic N) is 2. The third kappa shape index (κ3) is 7.21. The molecular formula is C19H32N4O4S. The quantitative estimate of drug-likeness (QED) is 0.574. The van der Waals surface area contributed by atoms with Crippen LogP contribution in [-0.2, 0) is 19.6 Å². The number of carbonyl (C=O) groups excluding carboxylic acids is 2. The molecule has 0 saturated heterocycles. The fourth-order valence-electron chi connectivity index (χ4n) is 2.70. The summed E-state index contributed by atoms with van der Waals surface area (Å²) in [6.07, 6.45) is 0. The average molecular weight is 413 g/mol. The maximum atomic E-state index is 12.6. The Labute approximate surface area is 168 Å². The molecule has 0 aliphatic heterocycles. The normalized spacial score (nSPS) is 11.9. The van der Waals surface area contributed by atoms with Crippen molar-refractivity contribution in [1.29, 1.82) is 0 Å². The Balaban J connectivity index is 2.80. The molecule has 0 unspecified atom stereocenters. The molecule has 1 aromatic rings. The van der Waals surface area contributed by atoms with Crippen molar-refractivity contribution in [2.24, 2.45) is 0 Å². The number of benzene rings is 1. The number of sulfonamides is 1. The van der Waals surface area contributed by atoms with Gasteiger partial charge in [-0.05, 0) is 38.6 Å². The topological polar surface area (TPSA) is 98.8 Å².